The Morgan fingerprint density at radius 1 is 1.80 bits per heavy atom. The first-order valence-electron chi connectivity index (χ1n) is 3.29. The van der Waals surface area contributed by atoms with Gasteiger partial charge in [-0.1, -0.05) is 0 Å². The Balaban J connectivity index is 2.54. The lowest BCUT2D eigenvalue weighted by atomic mass is 10.2. The zero-order valence-electron chi connectivity index (χ0n) is 5.95. The number of primary amides is 1. The smallest absolute Gasteiger partial charge is 0.234 e. The van der Waals surface area contributed by atoms with Crippen molar-refractivity contribution in [2.75, 3.05) is 13.6 Å². The van der Waals surface area contributed by atoms with Gasteiger partial charge < -0.3 is 5.73 Å². The second-order valence-electron chi connectivity index (χ2n) is 2.75. The maximum Gasteiger partial charge on any atom is 0.234 e. The van der Waals surface area contributed by atoms with Crippen molar-refractivity contribution >= 4 is 18.5 Å². The first kappa shape index (κ1) is 7.88. The first-order valence-corrected chi connectivity index (χ1v) is 3.80. The quantitative estimate of drug-likeness (QED) is 0.507. The second-order valence-corrected chi connectivity index (χ2v) is 3.48. The van der Waals surface area contributed by atoms with Crippen molar-refractivity contribution in [1.82, 2.24) is 4.90 Å². The van der Waals surface area contributed by atoms with Gasteiger partial charge in [0.2, 0.25) is 5.91 Å². The summed E-state index contributed by atoms with van der Waals surface area (Å²) in [5, 5.41) is 0.308. The summed E-state index contributed by atoms with van der Waals surface area (Å²) in [6.07, 6.45) is 0.787. The van der Waals surface area contributed by atoms with E-state index in [1.54, 1.807) is 0 Å². The molecule has 2 unspecified atom stereocenters. The molecular weight excluding hydrogens is 148 g/mol. The number of carbonyl (C=O) groups excluding carboxylic acids is 1. The van der Waals surface area contributed by atoms with Gasteiger partial charge in [-0.05, 0) is 13.5 Å². The lowest BCUT2D eigenvalue weighted by molar-refractivity contribution is -0.121. The van der Waals surface area contributed by atoms with Crippen molar-refractivity contribution in [2.45, 2.75) is 17.7 Å². The van der Waals surface area contributed by atoms with E-state index in [1.807, 2.05) is 11.9 Å². The van der Waals surface area contributed by atoms with Crippen LogP contribution in [0.4, 0.5) is 0 Å². The van der Waals surface area contributed by atoms with Gasteiger partial charge in [-0.25, -0.2) is 0 Å². The van der Waals surface area contributed by atoms with Gasteiger partial charge >= 0.3 is 0 Å². The molecule has 0 aliphatic carbocycles. The number of rotatable bonds is 1. The number of thiol groups is 1. The highest BCUT2D eigenvalue weighted by atomic mass is 32.1. The minimum atomic E-state index is -0.237. The Labute approximate surface area is 66.0 Å². The normalized spacial score (nSPS) is 34.6. The van der Waals surface area contributed by atoms with Crippen LogP contribution in [0.2, 0.25) is 0 Å². The largest absolute Gasteiger partial charge is 0.368 e. The Bertz CT molecular complexity index is 151. The van der Waals surface area contributed by atoms with Gasteiger partial charge in [-0.15, -0.1) is 0 Å². The molecule has 1 rings (SSSR count). The minimum absolute atomic E-state index is 0.0949. The van der Waals surface area contributed by atoms with Gasteiger partial charge in [-0.2, -0.15) is 12.6 Å². The van der Waals surface area contributed by atoms with E-state index < -0.39 is 0 Å². The summed E-state index contributed by atoms with van der Waals surface area (Å²) < 4.78 is 0. The predicted octanol–water partition coefficient (Wildman–Crippen LogP) is -0.526. The number of carbonyl (C=O) groups is 1. The summed E-state index contributed by atoms with van der Waals surface area (Å²) in [5.41, 5.74) is 5.14. The van der Waals surface area contributed by atoms with Gasteiger partial charge in [0.15, 0.2) is 0 Å². The van der Waals surface area contributed by atoms with E-state index in [0.717, 1.165) is 13.0 Å². The minimum Gasteiger partial charge on any atom is -0.368 e. The molecular formula is C6H12N2OS. The molecule has 3 nitrogen and oxygen atoms in total. The predicted molar refractivity (Wildman–Crippen MR) is 43.0 cm³/mol. The highest BCUT2D eigenvalue weighted by Gasteiger charge is 2.30. The van der Waals surface area contributed by atoms with Crippen LogP contribution in [0.25, 0.3) is 0 Å². The van der Waals surface area contributed by atoms with Crippen LogP contribution >= 0.6 is 12.6 Å². The zero-order valence-corrected chi connectivity index (χ0v) is 6.84. The molecule has 0 spiro atoms. The fraction of sp³-hybridized carbons (Fsp3) is 0.833. The van der Waals surface area contributed by atoms with Crippen molar-refractivity contribution < 1.29 is 4.79 Å². The molecule has 0 aromatic rings. The van der Waals surface area contributed by atoms with Gasteiger partial charge in [0, 0.05) is 11.8 Å². The summed E-state index contributed by atoms with van der Waals surface area (Å²) in [5.74, 6) is -0.237. The average Bonchev–Trinajstić information content (AvgIpc) is 2.10. The number of nitrogens with two attached hydrogens (primary N) is 1. The van der Waals surface area contributed by atoms with Gasteiger partial charge in [0.1, 0.15) is 0 Å². The monoisotopic (exact) mass is 160 g/mol. The zero-order chi connectivity index (χ0) is 7.72. The van der Waals surface area contributed by atoms with Gasteiger partial charge in [0.25, 0.3) is 0 Å². The molecule has 0 radical (unpaired) electrons. The molecule has 1 aliphatic heterocycles. The molecule has 0 aromatic heterocycles. The lowest BCUT2D eigenvalue weighted by Gasteiger charge is -2.14. The van der Waals surface area contributed by atoms with Crippen molar-refractivity contribution in [1.29, 1.82) is 0 Å². The summed E-state index contributed by atoms with van der Waals surface area (Å²) in [6.45, 7) is 0.858. The molecule has 1 aliphatic rings. The Hall–Kier alpha value is -0.220. The van der Waals surface area contributed by atoms with Crippen LogP contribution in [0.1, 0.15) is 6.42 Å². The molecule has 0 saturated carbocycles. The molecule has 58 valence electrons. The Morgan fingerprint density at radius 2 is 2.40 bits per heavy atom. The van der Waals surface area contributed by atoms with E-state index in [9.17, 15) is 4.79 Å². The third kappa shape index (κ3) is 1.44. The lowest BCUT2D eigenvalue weighted by Crippen LogP contribution is -2.37. The Kier molecular flexibility index (Phi) is 2.21. The fourth-order valence-corrected chi connectivity index (χ4v) is 1.76. The average molecular weight is 160 g/mol. The number of hydrogen-bond acceptors (Lipinski definition) is 3. The van der Waals surface area contributed by atoms with Crippen LogP contribution in [0.3, 0.4) is 0 Å². The van der Waals surface area contributed by atoms with Crippen molar-refractivity contribution in [3.05, 3.63) is 0 Å². The second kappa shape index (κ2) is 2.80. The van der Waals surface area contributed by atoms with Crippen LogP contribution < -0.4 is 5.73 Å². The third-order valence-corrected chi connectivity index (χ3v) is 2.23. The van der Waals surface area contributed by atoms with E-state index in [2.05, 4.69) is 12.6 Å². The summed E-state index contributed by atoms with van der Waals surface area (Å²) in [4.78, 5) is 12.6. The molecule has 0 aromatic carbocycles. The molecule has 1 amide bonds. The molecule has 4 heteroatoms. The molecule has 2 atom stereocenters. The Morgan fingerprint density at radius 3 is 2.60 bits per heavy atom. The molecule has 1 heterocycles. The van der Waals surface area contributed by atoms with E-state index >= 15 is 0 Å². The summed E-state index contributed by atoms with van der Waals surface area (Å²) >= 11 is 4.26. The highest BCUT2D eigenvalue weighted by Crippen LogP contribution is 2.18. The van der Waals surface area contributed by atoms with Crippen LogP contribution in [-0.4, -0.2) is 35.7 Å². The van der Waals surface area contributed by atoms with E-state index in [-0.39, 0.29) is 11.9 Å². The van der Waals surface area contributed by atoms with E-state index in [1.165, 1.54) is 0 Å². The molecule has 1 fully saturated rings. The number of nitrogens with zero attached hydrogens (tertiary/aromatic N) is 1. The van der Waals surface area contributed by atoms with Gasteiger partial charge in [0.05, 0.1) is 6.04 Å². The standard InChI is InChI=1S/C6H12N2OS/c1-8-3-4(10)2-5(8)6(7)9/h4-5,10H,2-3H2,1H3,(H2,7,9). The van der Waals surface area contributed by atoms with E-state index in [0.29, 0.717) is 5.25 Å². The van der Waals surface area contributed by atoms with Crippen molar-refractivity contribution in [3.63, 3.8) is 0 Å². The molecule has 0 bridgehead atoms. The third-order valence-electron chi connectivity index (χ3n) is 1.85. The van der Waals surface area contributed by atoms with Crippen LogP contribution in [0.5, 0.6) is 0 Å². The topological polar surface area (TPSA) is 46.3 Å². The summed E-state index contributed by atoms with van der Waals surface area (Å²) in [6, 6.07) is -0.0949. The number of amides is 1. The number of likely N-dealkylation sites (N-methyl/N-ethyl adjacent to an activating group) is 1. The molecule has 1 saturated heterocycles. The van der Waals surface area contributed by atoms with Gasteiger partial charge in [-0.3, -0.25) is 9.69 Å². The molecule has 10 heavy (non-hydrogen) atoms. The van der Waals surface area contributed by atoms with Crippen LogP contribution in [0, 0.1) is 0 Å². The first-order chi connectivity index (χ1) is 4.61. The van der Waals surface area contributed by atoms with Crippen molar-refractivity contribution in [3.8, 4) is 0 Å². The van der Waals surface area contributed by atoms with E-state index in [4.69, 9.17) is 5.73 Å². The van der Waals surface area contributed by atoms with Crippen LogP contribution in [-0.2, 0) is 4.79 Å². The molecule has 2 N–H and O–H groups in total. The maximum absolute atomic E-state index is 10.7. The fourth-order valence-electron chi connectivity index (χ4n) is 1.31. The van der Waals surface area contributed by atoms with Crippen molar-refractivity contribution in [2.24, 2.45) is 5.73 Å². The maximum atomic E-state index is 10.7. The van der Waals surface area contributed by atoms with Crippen LogP contribution in [0.15, 0.2) is 0 Å². The number of likely N-dealkylation sites (tertiary alicyclic amines) is 1. The number of hydrogen-bond donors (Lipinski definition) is 2. The SMILES string of the molecule is CN1CC(S)CC1C(N)=O. The summed E-state index contributed by atoms with van der Waals surface area (Å²) in [7, 11) is 1.89. The highest BCUT2D eigenvalue weighted by molar-refractivity contribution is 7.81.